The van der Waals surface area contributed by atoms with Crippen molar-refractivity contribution in [2.45, 2.75) is 24.9 Å². The summed E-state index contributed by atoms with van der Waals surface area (Å²) in [5, 5.41) is 3.32. The van der Waals surface area contributed by atoms with Crippen LogP contribution in [0.15, 0.2) is 47.5 Å². The Morgan fingerprint density at radius 2 is 2.17 bits per heavy atom. The van der Waals surface area contributed by atoms with E-state index in [4.69, 9.17) is 22.1 Å². The van der Waals surface area contributed by atoms with E-state index in [-0.39, 0.29) is 17.0 Å². The van der Waals surface area contributed by atoms with Crippen LogP contribution < -0.4 is 15.8 Å². The lowest BCUT2D eigenvalue weighted by Gasteiger charge is -2.08. The first kappa shape index (κ1) is 16.6. The van der Waals surface area contributed by atoms with Crippen molar-refractivity contribution >= 4 is 17.6 Å². The Labute approximate surface area is 145 Å². The van der Waals surface area contributed by atoms with E-state index in [1.807, 2.05) is 30.3 Å². The molecule has 1 fully saturated rings. The lowest BCUT2D eigenvalue weighted by Crippen LogP contribution is -2.34. The van der Waals surface area contributed by atoms with Crippen molar-refractivity contribution < 1.29 is 9.13 Å². The quantitative estimate of drug-likeness (QED) is 0.643. The molecule has 0 unspecified atom stereocenters. The molecule has 1 saturated carbocycles. The van der Waals surface area contributed by atoms with Gasteiger partial charge in [0.1, 0.15) is 11.6 Å². The SMILES string of the molecule is COc1ccccc1CN=C(N)N[C@@H]1C[C@H]1c1ccc(Cl)c(F)c1. The standard InChI is InChI=1S/C18H19ClFN3O/c1-24-17-5-3-2-4-12(17)10-22-18(21)23-16-9-13(16)11-6-7-14(19)15(20)8-11/h2-8,13,16H,9-10H2,1H3,(H3,21,22,23)/t13-,16+/m0/s1. The van der Waals surface area contributed by atoms with Crippen molar-refractivity contribution in [3.8, 4) is 5.75 Å². The summed E-state index contributed by atoms with van der Waals surface area (Å²) in [7, 11) is 1.63. The Bertz CT molecular complexity index is 766. The fourth-order valence-corrected chi connectivity index (χ4v) is 2.82. The molecule has 0 heterocycles. The molecule has 2 atom stereocenters. The third-order valence-electron chi connectivity index (χ3n) is 4.11. The molecule has 0 aliphatic heterocycles. The molecule has 4 nitrogen and oxygen atoms in total. The zero-order chi connectivity index (χ0) is 17.1. The highest BCUT2D eigenvalue weighted by molar-refractivity contribution is 6.30. The molecule has 1 aliphatic carbocycles. The van der Waals surface area contributed by atoms with Crippen LogP contribution in [0.3, 0.4) is 0 Å². The first-order valence-electron chi connectivity index (χ1n) is 7.71. The van der Waals surface area contributed by atoms with E-state index in [1.165, 1.54) is 6.07 Å². The summed E-state index contributed by atoms with van der Waals surface area (Å²) >= 11 is 5.71. The summed E-state index contributed by atoms with van der Waals surface area (Å²) in [5.41, 5.74) is 7.84. The number of nitrogens with zero attached hydrogens (tertiary/aromatic N) is 1. The Morgan fingerprint density at radius 1 is 1.38 bits per heavy atom. The lowest BCUT2D eigenvalue weighted by atomic mass is 10.1. The van der Waals surface area contributed by atoms with Crippen LogP contribution in [0.1, 0.15) is 23.5 Å². The molecule has 2 aromatic carbocycles. The first-order chi connectivity index (χ1) is 11.6. The number of aliphatic imine (C=N–C) groups is 1. The number of benzene rings is 2. The molecule has 0 amide bonds. The molecular weight excluding hydrogens is 329 g/mol. The maximum atomic E-state index is 13.5. The number of ether oxygens (including phenoxy) is 1. The molecule has 2 aromatic rings. The molecule has 126 valence electrons. The van der Waals surface area contributed by atoms with Gasteiger partial charge in [-0.1, -0.05) is 35.9 Å². The number of nitrogens with one attached hydrogen (secondary N) is 1. The van der Waals surface area contributed by atoms with Crippen LogP contribution in [0.25, 0.3) is 0 Å². The molecule has 3 rings (SSSR count). The molecule has 1 aliphatic rings. The highest BCUT2D eigenvalue weighted by Crippen LogP contribution is 2.41. The van der Waals surface area contributed by atoms with Crippen molar-refractivity contribution in [1.29, 1.82) is 0 Å². The van der Waals surface area contributed by atoms with E-state index in [1.54, 1.807) is 13.2 Å². The van der Waals surface area contributed by atoms with Gasteiger partial charge >= 0.3 is 0 Å². The topological polar surface area (TPSA) is 59.6 Å². The molecule has 0 bridgehead atoms. The van der Waals surface area contributed by atoms with Gasteiger partial charge in [-0.2, -0.15) is 0 Å². The zero-order valence-electron chi connectivity index (χ0n) is 13.3. The van der Waals surface area contributed by atoms with Crippen molar-refractivity contribution in [3.63, 3.8) is 0 Å². The molecule has 0 saturated heterocycles. The lowest BCUT2D eigenvalue weighted by molar-refractivity contribution is 0.410. The van der Waals surface area contributed by atoms with Crippen molar-refractivity contribution in [2.75, 3.05) is 7.11 Å². The largest absolute Gasteiger partial charge is 0.496 e. The minimum Gasteiger partial charge on any atom is -0.496 e. The van der Waals surface area contributed by atoms with Crippen LogP contribution in [0.5, 0.6) is 5.75 Å². The van der Waals surface area contributed by atoms with Crippen molar-refractivity contribution in [1.82, 2.24) is 5.32 Å². The average molecular weight is 348 g/mol. The minimum atomic E-state index is -0.391. The van der Waals surface area contributed by atoms with Gasteiger partial charge in [0.05, 0.1) is 18.7 Å². The summed E-state index contributed by atoms with van der Waals surface area (Å²) in [6, 6.07) is 12.8. The smallest absolute Gasteiger partial charge is 0.189 e. The summed E-state index contributed by atoms with van der Waals surface area (Å²) in [4.78, 5) is 4.35. The van der Waals surface area contributed by atoms with Crippen LogP contribution in [-0.4, -0.2) is 19.1 Å². The van der Waals surface area contributed by atoms with E-state index < -0.39 is 5.82 Å². The average Bonchev–Trinajstić information content (AvgIpc) is 3.34. The van der Waals surface area contributed by atoms with Crippen LogP contribution in [0.4, 0.5) is 4.39 Å². The molecule has 0 aromatic heterocycles. The Balaban J connectivity index is 1.58. The third kappa shape index (κ3) is 3.79. The molecule has 6 heteroatoms. The summed E-state index contributed by atoms with van der Waals surface area (Å²) in [5.74, 6) is 1.01. The molecule has 0 radical (unpaired) electrons. The predicted octanol–water partition coefficient (Wildman–Crippen LogP) is 3.45. The van der Waals surface area contributed by atoms with E-state index in [9.17, 15) is 4.39 Å². The number of methoxy groups -OCH3 is 1. The second kappa shape index (κ2) is 7.09. The highest BCUT2D eigenvalue weighted by Gasteiger charge is 2.39. The minimum absolute atomic E-state index is 0.141. The number of guanidine groups is 1. The normalized spacial score (nSPS) is 19.9. The molecule has 0 spiro atoms. The van der Waals surface area contributed by atoms with E-state index in [2.05, 4.69) is 10.3 Å². The molecular formula is C18H19ClFN3O. The second-order valence-electron chi connectivity index (χ2n) is 5.78. The van der Waals surface area contributed by atoms with E-state index >= 15 is 0 Å². The number of hydrogen-bond acceptors (Lipinski definition) is 2. The number of rotatable bonds is 5. The predicted molar refractivity (Wildman–Crippen MR) is 94.0 cm³/mol. The van der Waals surface area contributed by atoms with Gasteiger partial charge in [0.25, 0.3) is 0 Å². The highest BCUT2D eigenvalue weighted by atomic mass is 35.5. The van der Waals surface area contributed by atoms with Gasteiger partial charge in [0, 0.05) is 17.5 Å². The molecule has 24 heavy (non-hydrogen) atoms. The maximum absolute atomic E-state index is 13.5. The van der Waals surface area contributed by atoms with Gasteiger partial charge in [-0.25, -0.2) is 9.38 Å². The van der Waals surface area contributed by atoms with Crippen molar-refractivity contribution in [2.24, 2.45) is 10.7 Å². The Kier molecular flexibility index (Phi) is 4.90. The first-order valence-corrected chi connectivity index (χ1v) is 8.09. The fourth-order valence-electron chi connectivity index (χ4n) is 2.71. The second-order valence-corrected chi connectivity index (χ2v) is 6.19. The summed E-state index contributed by atoms with van der Waals surface area (Å²) in [6.45, 7) is 0.440. The van der Waals surface area contributed by atoms with Crippen LogP contribution in [-0.2, 0) is 6.54 Å². The number of hydrogen-bond donors (Lipinski definition) is 2. The van der Waals surface area contributed by atoms with Gasteiger partial charge < -0.3 is 15.8 Å². The summed E-state index contributed by atoms with van der Waals surface area (Å²) in [6.07, 6.45) is 0.895. The van der Waals surface area contributed by atoms with Gasteiger partial charge in [0.15, 0.2) is 5.96 Å². The van der Waals surface area contributed by atoms with E-state index in [0.29, 0.717) is 12.5 Å². The van der Waals surface area contributed by atoms with Gasteiger partial charge in [-0.05, 0) is 30.2 Å². The third-order valence-corrected chi connectivity index (χ3v) is 4.41. The number of nitrogens with two attached hydrogens (primary N) is 1. The van der Waals surface area contributed by atoms with Crippen LogP contribution in [0.2, 0.25) is 5.02 Å². The fraction of sp³-hybridized carbons (Fsp3) is 0.278. The Morgan fingerprint density at radius 3 is 2.92 bits per heavy atom. The number of para-hydroxylation sites is 1. The monoisotopic (exact) mass is 347 g/mol. The zero-order valence-corrected chi connectivity index (χ0v) is 14.1. The van der Waals surface area contributed by atoms with Gasteiger partial charge in [-0.15, -0.1) is 0 Å². The van der Waals surface area contributed by atoms with Crippen LogP contribution in [0, 0.1) is 5.82 Å². The maximum Gasteiger partial charge on any atom is 0.189 e. The van der Waals surface area contributed by atoms with Crippen LogP contribution >= 0.6 is 11.6 Å². The molecule has 3 N–H and O–H groups in total. The summed E-state index contributed by atoms with van der Waals surface area (Å²) < 4.78 is 18.8. The number of halogens is 2. The van der Waals surface area contributed by atoms with Crippen molar-refractivity contribution in [3.05, 3.63) is 64.4 Å². The van der Waals surface area contributed by atoms with Gasteiger partial charge in [-0.3, -0.25) is 0 Å². The van der Waals surface area contributed by atoms with Gasteiger partial charge in [0.2, 0.25) is 0 Å². The Hall–Kier alpha value is -2.27. The van der Waals surface area contributed by atoms with E-state index in [0.717, 1.165) is 23.3 Å².